The number of nitrogens with two attached hydrogens (primary N) is 1. The summed E-state index contributed by atoms with van der Waals surface area (Å²) in [5, 5.41) is 0. The first kappa shape index (κ1) is 13.1. The summed E-state index contributed by atoms with van der Waals surface area (Å²) in [6, 6.07) is 3.03. The third kappa shape index (κ3) is 2.82. The molecule has 1 atom stereocenters. The molecule has 1 rings (SSSR count). The van der Waals surface area contributed by atoms with Gasteiger partial charge in [-0.15, -0.1) is 12.4 Å². The number of benzene rings is 1. The van der Waals surface area contributed by atoms with Gasteiger partial charge in [0.2, 0.25) is 0 Å². The maximum Gasteiger partial charge on any atom is 0.123 e. The maximum atomic E-state index is 12.7. The van der Waals surface area contributed by atoms with Crippen molar-refractivity contribution in [2.75, 3.05) is 13.8 Å². The molecule has 5 heteroatoms. The van der Waals surface area contributed by atoms with E-state index < -0.39 is 18.5 Å². The van der Waals surface area contributed by atoms with Crippen molar-refractivity contribution in [3.8, 4) is 5.75 Å². The molecule has 2 nitrogen and oxygen atoms in total. The highest BCUT2D eigenvalue weighted by Crippen LogP contribution is 2.24. The van der Waals surface area contributed by atoms with Gasteiger partial charge < -0.3 is 10.5 Å². The Kier molecular flexibility index (Phi) is 5.42. The van der Waals surface area contributed by atoms with Crippen molar-refractivity contribution in [3.05, 3.63) is 29.6 Å². The fourth-order valence-corrected chi connectivity index (χ4v) is 1.08. The van der Waals surface area contributed by atoms with Gasteiger partial charge in [0, 0.05) is 5.56 Å². The predicted octanol–water partition coefficient (Wildman–Crippen LogP) is 2.23. The van der Waals surface area contributed by atoms with Crippen LogP contribution in [-0.2, 0) is 0 Å². The van der Waals surface area contributed by atoms with Crippen LogP contribution in [0.2, 0.25) is 0 Å². The van der Waals surface area contributed by atoms with Gasteiger partial charge >= 0.3 is 0 Å². The molecule has 0 saturated heterocycles. The Bertz CT molecular complexity index is 296. The number of hydrogen-bond donors (Lipinski definition) is 1. The van der Waals surface area contributed by atoms with Gasteiger partial charge in [-0.1, -0.05) is 0 Å². The Labute approximate surface area is 87.5 Å². The highest BCUT2D eigenvalue weighted by molar-refractivity contribution is 5.85. The summed E-state index contributed by atoms with van der Waals surface area (Å²) in [6.45, 7) is -0.736. The van der Waals surface area contributed by atoms with Crippen LogP contribution in [0.15, 0.2) is 18.2 Å². The first-order valence-electron chi connectivity index (χ1n) is 3.84. The lowest BCUT2D eigenvalue weighted by molar-refractivity contribution is 0.387. The van der Waals surface area contributed by atoms with Crippen LogP contribution >= 0.6 is 12.4 Å². The lowest BCUT2D eigenvalue weighted by Crippen LogP contribution is -2.13. The summed E-state index contributed by atoms with van der Waals surface area (Å²) in [5.41, 5.74) is 5.77. The van der Waals surface area contributed by atoms with E-state index in [0.717, 1.165) is 0 Å². The summed E-state index contributed by atoms with van der Waals surface area (Å²) < 4.78 is 29.9. The molecule has 0 aliphatic rings. The van der Waals surface area contributed by atoms with E-state index in [4.69, 9.17) is 10.5 Å². The molecule has 1 aromatic rings. The van der Waals surface area contributed by atoms with Gasteiger partial charge in [-0.25, -0.2) is 8.78 Å². The lowest BCUT2D eigenvalue weighted by atomic mass is 10.1. The lowest BCUT2D eigenvalue weighted by Gasteiger charge is -2.12. The summed E-state index contributed by atoms with van der Waals surface area (Å²) in [4.78, 5) is 0. The van der Waals surface area contributed by atoms with Crippen molar-refractivity contribution in [1.82, 2.24) is 0 Å². The number of methoxy groups -OCH3 is 1. The Morgan fingerprint density at radius 2 is 2.14 bits per heavy atom. The zero-order chi connectivity index (χ0) is 9.84. The van der Waals surface area contributed by atoms with Gasteiger partial charge in [-0.2, -0.15) is 0 Å². The Hall–Kier alpha value is -0.870. The van der Waals surface area contributed by atoms with E-state index in [2.05, 4.69) is 0 Å². The minimum atomic E-state index is -0.828. The monoisotopic (exact) mass is 223 g/mol. The van der Waals surface area contributed by atoms with E-state index in [0.29, 0.717) is 11.3 Å². The van der Waals surface area contributed by atoms with Crippen molar-refractivity contribution in [1.29, 1.82) is 0 Å². The van der Waals surface area contributed by atoms with Gasteiger partial charge in [0.15, 0.2) is 0 Å². The third-order valence-electron chi connectivity index (χ3n) is 1.76. The minimum Gasteiger partial charge on any atom is -0.496 e. The van der Waals surface area contributed by atoms with Crippen molar-refractivity contribution in [2.45, 2.75) is 6.04 Å². The van der Waals surface area contributed by atoms with E-state index in [9.17, 15) is 8.78 Å². The molecule has 0 aromatic heterocycles. The zero-order valence-corrected chi connectivity index (χ0v) is 8.48. The third-order valence-corrected chi connectivity index (χ3v) is 1.76. The molecule has 0 aliphatic carbocycles. The first-order chi connectivity index (χ1) is 6.19. The van der Waals surface area contributed by atoms with E-state index in [1.54, 1.807) is 0 Å². The molecule has 0 aliphatic heterocycles. The predicted molar refractivity (Wildman–Crippen MR) is 53.1 cm³/mol. The van der Waals surface area contributed by atoms with Gasteiger partial charge in [0.05, 0.1) is 13.2 Å². The van der Waals surface area contributed by atoms with Crippen molar-refractivity contribution < 1.29 is 13.5 Å². The molecule has 1 aromatic carbocycles. The molecule has 0 spiro atoms. The number of alkyl halides is 1. The molecule has 14 heavy (non-hydrogen) atoms. The quantitative estimate of drug-likeness (QED) is 0.853. The van der Waals surface area contributed by atoms with Crippen LogP contribution in [0.3, 0.4) is 0 Å². The molecular formula is C9H12ClF2NO. The van der Waals surface area contributed by atoms with Crippen molar-refractivity contribution >= 4 is 12.4 Å². The molecule has 80 valence electrons. The second-order valence-electron chi connectivity index (χ2n) is 2.65. The molecule has 0 saturated carbocycles. The van der Waals surface area contributed by atoms with E-state index in [-0.39, 0.29) is 12.4 Å². The van der Waals surface area contributed by atoms with Crippen LogP contribution in [0.1, 0.15) is 11.6 Å². The van der Waals surface area contributed by atoms with Gasteiger partial charge in [-0.3, -0.25) is 0 Å². The normalized spacial score (nSPS) is 11.7. The van der Waals surface area contributed by atoms with Crippen LogP contribution in [0, 0.1) is 5.82 Å². The first-order valence-corrected chi connectivity index (χ1v) is 3.84. The Morgan fingerprint density at radius 1 is 1.50 bits per heavy atom. The average Bonchev–Trinajstić information content (AvgIpc) is 2.16. The molecule has 0 radical (unpaired) electrons. The molecule has 0 bridgehead atoms. The zero-order valence-electron chi connectivity index (χ0n) is 7.67. The fourth-order valence-electron chi connectivity index (χ4n) is 1.08. The number of hydrogen-bond acceptors (Lipinski definition) is 2. The number of ether oxygens (including phenoxy) is 1. The minimum absolute atomic E-state index is 0. The van der Waals surface area contributed by atoms with Gasteiger partial charge in [0.25, 0.3) is 0 Å². The van der Waals surface area contributed by atoms with Crippen LogP contribution in [0.4, 0.5) is 8.78 Å². The standard InChI is InChI=1S/C9H11F2NO.ClH/c1-13-9-3-2-6(11)4-7(9)8(12)5-10;/h2-4,8H,5,12H2,1H3;1H/t8-;/m1./s1. The second-order valence-corrected chi connectivity index (χ2v) is 2.65. The Morgan fingerprint density at radius 3 is 2.64 bits per heavy atom. The van der Waals surface area contributed by atoms with Crippen LogP contribution < -0.4 is 10.5 Å². The molecular weight excluding hydrogens is 212 g/mol. The Balaban J connectivity index is 0.00000169. The number of rotatable bonds is 3. The average molecular weight is 224 g/mol. The molecule has 0 fully saturated rings. The summed E-state index contributed by atoms with van der Waals surface area (Å²) in [7, 11) is 1.43. The van der Waals surface area contributed by atoms with Crippen LogP contribution in [-0.4, -0.2) is 13.8 Å². The van der Waals surface area contributed by atoms with E-state index >= 15 is 0 Å². The second kappa shape index (κ2) is 5.78. The topological polar surface area (TPSA) is 35.2 Å². The highest BCUT2D eigenvalue weighted by atomic mass is 35.5. The van der Waals surface area contributed by atoms with Crippen LogP contribution in [0.5, 0.6) is 5.75 Å². The highest BCUT2D eigenvalue weighted by Gasteiger charge is 2.12. The molecule has 0 heterocycles. The van der Waals surface area contributed by atoms with Gasteiger partial charge in [-0.05, 0) is 18.2 Å². The van der Waals surface area contributed by atoms with Crippen molar-refractivity contribution in [2.24, 2.45) is 5.73 Å². The summed E-state index contributed by atoms with van der Waals surface area (Å²) in [6.07, 6.45) is 0. The number of halogens is 3. The molecule has 0 unspecified atom stereocenters. The smallest absolute Gasteiger partial charge is 0.123 e. The summed E-state index contributed by atoms with van der Waals surface area (Å²) in [5.74, 6) is -0.0359. The van der Waals surface area contributed by atoms with Gasteiger partial charge in [0.1, 0.15) is 18.2 Å². The fraction of sp³-hybridized carbons (Fsp3) is 0.333. The van der Waals surface area contributed by atoms with E-state index in [1.807, 2.05) is 0 Å². The van der Waals surface area contributed by atoms with Crippen LogP contribution in [0.25, 0.3) is 0 Å². The molecule has 2 N–H and O–H groups in total. The summed E-state index contributed by atoms with van der Waals surface area (Å²) >= 11 is 0. The molecule has 0 amide bonds. The largest absolute Gasteiger partial charge is 0.496 e. The van der Waals surface area contributed by atoms with Crippen molar-refractivity contribution in [3.63, 3.8) is 0 Å². The SMILES string of the molecule is COc1ccc(F)cc1[C@H](N)CF.Cl. The maximum absolute atomic E-state index is 12.7. The van der Waals surface area contributed by atoms with E-state index in [1.165, 1.54) is 25.3 Å².